The monoisotopic (exact) mass is 348 g/mol. The summed E-state index contributed by atoms with van der Waals surface area (Å²) in [6.07, 6.45) is 7.48. The van der Waals surface area contributed by atoms with Crippen molar-refractivity contribution in [2.24, 2.45) is 10.7 Å². The number of nitrogens with two attached hydrogens (primary N) is 1. The highest BCUT2D eigenvalue weighted by molar-refractivity contribution is 6.01. The fraction of sp³-hybridized carbons (Fsp3) is 0.650. The molecule has 5 heteroatoms. The highest BCUT2D eigenvalue weighted by atomic mass is 16.7. The zero-order valence-electron chi connectivity index (χ0n) is 15.8. The smallest absolute Gasteiger partial charge is 0.300 e. The summed E-state index contributed by atoms with van der Waals surface area (Å²) in [7, 11) is 0. The van der Waals surface area contributed by atoms with Gasteiger partial charge in [0.1, 0.15) is 11.6 Å². The first kappa shape index (κ1) is 19.7. The molecule has 1 aromatic rings. The van der Waals surface area contributed by atoms with Gasteiger partial charge in [-0.15, -0.1) is 0 Å². The lowest BCUT2D eigenvalue weighted by atomic mass is 10.1. The molecule has 0 atom stereocenters. The third-order valence-corrected chi connectivity index (χ3v) is 4.32. The Bertz CT molecular complexity index is 566. The second kappa shape index (κ2) is 9.78. The van der Waals surface area contributed by atoms with Crippen molar-refractivity contribution in [2.45, 2.75) is 65.2 Å². The molecule has 140 valence electrons. The molecule has 0 aliphatic carbocycles. The highest BCUT2D eigenvalue weighted by Crippen LogP contribution is 2.39. The summed E-state index contributed by atoms with van der Waals surface area (Å²) in [4.78, 5) is 4.44. The molecular formula is C20H32N2O3. The van der Waals surface area contributed by atoms with E-state index >= 15 is 0 Å². The van der Waals surface area contributed by atoms with Gasteiger partial charge in [-0.2, -0.15) is 0 Å². The van der Waals surface area contributed by atoms with E-state index in [1.54, 1.807) is 0 Å². The molecule has 1 heterocycles. The molecule has 0 saturated heterocycles. The molecule has 2 rings (SSSR count). The lowest BCUT2D eigenvalue weighted by molar-refractivity contribution is -0.234. The summed E-state index contributed by atoms with van der Waals surface area (Å²) >= 11 is 0. The standard InChI is InChI=1S/C20H32N2O3/c1-4-7-8-9-10-11-14-23-16-12-13-17-18(15-16)20(24-5-2,25-6-3)22-19(17)21/h12-13,15H,4-11,14H2,1-3H3,(H2,21,22). The lowest BCUT2D eigenvalue weighted by Crippen LogP contribution is -2.29. The fourth-order valence-electron chi connectivity index (χ4n) is 3.10. The van der Waals surface area contributed by atoms with Gasteiger partial charge in [-0.3, -0.25) is 0 Å². The first-order valence-electron chi connectivity index (χ1n) is 9.57. The van der Waals surface area contributed by atoms with Crippen LogP contribution in [-0.4, -0.2) is 25.7 Å². The van der Waals surface area contributed by atoms with Gasteiger partial charge in [0.25, 0.3) is 0 Å². The largest absolute Gasteiger partial charge is 0.494 e. The minimum absolute atomic E-state index is 0.444. The molecule has 0 spiro atoms. The Balaban J connectivity index is 1.98. The van der Waals surface area contributed by atoms with E-state index in [-0.39, 0.29) is 0 Å². The van der Waals surface area contributed by atoms with Crippen LogP contribution in [0.3, 0.4) is 0 Å². The number of amidine groups is 1. The van der Waals surface area contributed by atoms with Crippen molar-refractivity contribution >= 4 is 5.84 Å². The molecule has 2 N–H and O–H groups in total. The molecule has 0 fully saturated rings. The number of fused-ring (bicyclic) bond motifs is 1. The number of ether oxygens (including phenoxy) is 3. The van der Waals surface area contributed by atoms with Crippen molar-refractivity contribution in [2.75, 3.05) is 19.8 Å². The Morgan fingerprint density at radius 3 is 2.32 bits per heavy atom. The number of rotatable bonds is 12. The first-order valence-corrected chi connectivity index (χ1v) is 9.57. The number of aliphatic imine (C=N–C) groups is 1. The molecule has 1 aromatic carbocycles. The summed E-state index contributed by atoms with van der Waals surface area (Å²) in [5.74, 6) is 0.114. The summed E-state index contributed by atoms with van der Waals surface area (Å²) in [5, 5.41) is 0. The molecular weight excluding hydrogens is 316 g/mol. The lowest BCUT2D eigenvalue weighted by Gasteiger charge is -2.26. The molecule has 25 heavy (non-hydrogen) atoms. The van der Waals surface area contributed by atoms with Gasteiger partial charge in [-0.1, -0.05) is 39.0 Å². The maximum atomic E-state index is 6.06. The van der Waals surface area contributed by atoms with Crippen molar-refractivity contribution < 1.29 is 14.2 Å². The van der Waals surface area contributed by atoms with Crippen LogP contribution in [0, 0.1) is 0 Å². The maximum absolute atomic E-state index is 6.06. The van der Waals surface area contributed by atoms with Gasteiger partial charge in [-0.25, -0.2) is 4.99 Å². The average Bonchev–Trinajstić information content (AvgIpc) is 2.86. The molecule has 1 aliphatic heterocycles. The second-order valence-corrected chi connectivity index (χ2v) is 6.27. The van der Waals surface area contributed by atoms with E-state index in [2.05, 4.69) is 11.9 Å². The Kier molecular flexibility index (Phi) is 7.72. The third kappa shape index (κ3) is 4.95. The molecule has 0 radical (unpaired) electrons. The predicted octanol–water partition coefficient (Wildman–Crippen LogP) is 4.33. The molecule has 0 amide bonds. The van der Waals surface area contributed by atoms with Gasteiger partial charge in [0.15, 0.2) is 0 Å². The van der Waals surface area contributed by atoms with Crippen LogP contribution in [0.5, 0.6) is 5.75 Å². The first-order chi connectivity index (χ1) is 12.2. The molecule has 5 nitrogen and oxygen atoms in total. The second-order valence-electron chi connectivity index (χ2n) is 6.27. The van der Waals surface area contributed by atoms with Crippen LogP contribution in [0.25, 0.3) is 0 Å². The molecule has 1 aliphatic rings. The van der Waals surface area contributed by atoms with Gasteiger partial charge in [0, 0.05) is 18.8 Å². The van der Waals surface area contributed by atoms with Crippen molar-refractivity contribution in [1.82, 2.24) is 0 Å². The summed E-state index contributed by atoms with van der Waals surface area (Å²) in [6, 6.07) is 5.82. The van der Waals surface area contributed by atoms with Crippen LogP contribution in [0.4, 0.5) is 0 Å². The van der Waals surface area contributed by atoms with Gasteiger partial charge in [-0.05, 0) is 38.5 Å². The van der Waals surface area contributed by atoms with E-state index in [0.717, 1.165) is 29.9 Å². The SMILES string of the molecule is CCCCCCCCOc1ccc2c(c1)C(OCC)(OCC)N=C2N. The summed E-state index contributed by atoms with van der Waals surface area (Å²) in [5.41, 5.74) is 7.74. The van der Waals surface area contributed by atoms with Crippen LogP contribution in [0.1, 0.15) is 70.4 Å². The molecule has 0 bridgehead atoms. The van der Waals surface area contributed by atoms with Gasteiger partial charge < -0.3 is 19.9 Å². The number of benzene rings is 1. The Hall–Kier alpha value is -1.59. The van der Waals surface area contributed by atoms with Crippen LogP contribution >= 0.6 is 0 Å². The summed E-state index contributed by atoms with van der Waals surface area (Å²) in [6.45, 7) is 7.76. The van der Waals surface area contributed by atoms with Crippen LogP contribution in [-0.2, 0) is 15.4 Å². The van der Waals surface area contributed by atoms with Crippen molar-refractivity contribution in [3.8, 4) is 5.75 Å². The van der Waals surface area contributed by atoms with E-state index in [1.807, 2.05) is 32.0 Å². The van der Waals surface area contributed by atoms with E-state index < -0.39 is 5.91 Å². The number of nitrogens with zero attached hydrogens (tertiary/aromatic N) is 1. The van der Waals surface area contributed by atoms with Gasteiger partial charge in [0.05, 0.1) is 12.2 Å². The Morgan fingerprint density at radius 2 is 1.64 bits per heavy atom. The molecule has 0 aromatic heterocycles. The minimum Gasteiger partial charge on any atom is -0.494 e. The summed E-state index contributed by atoms with van der Waals surface area (Å²) < 4.78 is 17.6. The zero-order valence-corrected chi connectivity index (χ0v) is 15.8. The van der Waals surface area contributed by atoms with Crippen molar-refractivity contribution in [1.29, 1.82) is 0 Å². The number of unbranched alkanes of at least 4 members (excludes halogenated alkanes) is 5. The van der Waals surface area contributed by atoms with Crippen LogP contribution in [0.15, 0.2) is 23.2 Å². The molecule has 0 unspecified atom stereocenters. The number of hydrogen-bond donors (Lipinski definition) is 1. The fourth-order valence-corrected chi connectivity index (χ4v) is 3.10. The quantitative estimate of drug-likeness (QED) is 0.451. The maximum Gasteiger partial charge on any atom is 0.300 e. The topological polar surface area (TPSA) is 66.1 Å². The van der Waals surface area contributed by atoms with Gasteiger partial charge in [0.2, 0.25) is 0 Å². The predicted molar refractivity (Wildman–Crippen MR) is 101 cm³/mol. The van der Waals surface area contributed by atoms with E-state index in [4.69, 9.17) is 19.9 Å². The number of hydrogen-bond acceptors (Lipinski definition) is 5. The Morgan fingerprint density at radius 1 is 0.960 bits per heavy atom. The third-order valence-electron chi connectivity index (χ3n) is 4.32. The highest BCUT2D eigenvalue weighted by Gasteiger charge is 2.42. The zero-order chi connectivity index (χ0) is 18.1. The van der Waals surface area contributed by atoms with Crippen molar-refractivity contribution in [3.05, 3.63) is 29.3 Å². The van der Waals surface area contributed by atoms with Crippen molar-refractivity contribution in [3.63, 3.8) is 0 Å². The van der Waals surface area contributed by atoms with Gasteiger partial charge >= 0.3 is 5.91 Å². The minimum atomic E-state index is -1.14. The normalized spacial score (nSPS) is 15.1. The van der Waals surface area contributed by atoms with E-state index in [1.165, 1.54) is 32.1 Å². The van der Waals surface area contributed by atoms with Crippen LogP contribution < -0.4 is 10.5 Å². The average molecular weight is 348 g/mol. The van der Waals surface area contributed by atoms with E-state index in [9.17, 15) is 0 Å². The molecule has 0 saturated carbocycles. The Labute approximate surface area is 151 Å². The van der Waals surface area contributed by atoms with Crippen LogP contribution in [0.2, 0.25) is 0 Å². The van der Waals surface area contributed by atoms with E-state index in [0.29, 0.717) is 19.0 Å².